The molecule has 0 heterocycles. The van der Waals surface area contributed by atoms with Gasteiger partial charge in [0, 0.05) is 0 Å². The van der Waals surface area contributed by atoms with E-state index in [2.05, 4.69) is 88.4 Å². The van der Waals surface area contributed by atoms with Crippen molar-refractivity contribution in [3.05, 3.63) is 82.9 Å². The Morgan fingerprint density at radius 3 is 1.52 bits per heavy atom. The molecule has 0 aromatic heterocycles. The molecule has 0 spiro atoms. The van der Waals surface area contributed by atoms with Crippen LogP contribution in [0.2, 0.25) is 0 Å². The maximum atomic E-state index is 2.38. The van der Waals surface area contributed by atoms with Gasteiger partial charge in [0.25, 0.3) is 0 Å². The molecule has 0 heteroatoms. The lowest BCUT2D eigenvalue weighted by molar-refractivity contribution is 0.348. The Morgan fingerprint density at radius 1 is 0.593 bits per heavy atom. The first-order chi connectivity index (χ1) is 12.5. The Hall–Kier alpha value is -2.08. The standard InChI is InChI=1S/C14H20.C12H12.CH4/c1-11-3-7-13(8-4-11)14-9-5-12(2)6-10-14;1-9-3-5-12-8-10(2)4-6-11(12)7-9;/h3-4,7-8,12,14H,5-6,9-10H2,1-2H3;3-8H,1-2H3;1H4. The lowest BCUT2D eigenvalue weighted by Gasteiger charge is -2.26. The van der Waals surface area contributed by atoms with Crippen LogP contribution in [0.5, 0.6) is 0 Å². The number of rotatable bonds is 1. The van der Waals surface area contributed by atoms with Gasteiger partial charge in [-0.3, -0.25) is 0 Å². The zero-order valence-corrected chi connectivity index (χ0v) is 16.8. The van der Waals surface area contributed by atoms with Crippen LogP contribution in [0, 0.1) is 26.7 Å². The van der Waals surface area contributed by atoms with Gasteiger partial charge in [0.1, 0.15) is 0 Å². The summed E-state index contributed by atoms with van der Waals surface area (Å²) in [7, 11) is 0. The Bertz CT molecular complexity index is 792. The van der Waals surface area contributed by atoms with Crippen molar-refractivity contribution in [2.24, 2.45) is 5.92 Å². The molecule has 0 radical (unpaired) electrons. The lowest BCUT2D eigenvalue weighted by atomic mass is 9.79. The summed E-state index contributed by atoms with van der Waals surface area (Å²) in [5, 5.41) is 2.67. The fourth-order valence-corrected chi connectivity index (χ4v) is 3.92. The summed E-state index contributed by atoms with van der Waals surface area (Å²) < 4.78 is 0. The van der Waals surface area contributed by atoms with Gasteiger partial charge in [-0.1, -0.05) is 105 Å². The van der Waals surface area contributed by atoms with Crippen molar-refractivity contribution in [3.63, 3.8) is 0 Å². The maximum Gasteiger partial charge on any atom is -0.0162 e. The monoisotopic (exact) mass is 360 g/mol. The van der Waals surface area contributed by atoms with Crippen LogP contribution >= 0.6 is 0 Å². The Kier molecular flexibility index (Phi) is 7.66. The third-order valence-electron chi connectivity index (χ3n) is 5.72. The van der Waals surface area contributed by atoms with Gasteiger partial charge in [-0.2, -0.15) is 0 Å². The zero-order valence-electron chi connectivity index (χ0n) is 16.8. The van der Waals surface area contributed by atoms with E-state index in [-0.39, 0.29) is 7.43 Å². The summed E-state index contributed by atoms with van der Waals surface area (Å²) >= 11 is 0. The number of hydrogen-bond acceptors (Lipinski definition) is 0. The molecule has 3 aromatic rings. The van der Waals surface area contributed by atoms with Gasteiger partial charge in [-0.15, -0.1) is 0 Å². The second kappa shape index (κ2) is 9.74. The third-order valence-corrected chi connectivity index (χ3v) is 5.72. The molecule has 0 atom stereocenters. The number of fused-ring (bicyclic) bond motifs is 1. The van der Waals surface area contributed by atoms with Crippen molar-refractivity contribution < 1.29 is 0 Å². The summed E-state index contributed by atoms with van der Waals surface area (Å²) in [6.45, 7) is 8.79. The van der Waals surface area contributed by atoms with Gasteiger partial charge in [-0.25, -0.2) is 0 Å². The lowest BCUT2D eigenvalue weighted by Crippen LogP contribution is -2.10. The van der Waals surface area contributed by atoms with Crippen LogP contribution in [0.1, 0.15) is 68.2 Å². The van der Waals surface area contributed by atoms with Crippen LogP contribution < -0.4 is 0 Å². The molecule has 0 bridgehead atoms. The van der Waals surface area contributed by atoms with Crippen LogP contribution in [0.15, 0.2) is 60.7 Å². The highest BCUT2D eigenvalue weighted by molar-refractivity contribution is 5.83. The summed E-state index contributed by atoms with van der Waals surface area (Å²) in [5.41, 5.74) is 5.58. The molecule has 0 N–H and O–H groups in total. The highest BCUT2D eigenvalue weighted by Gasteiger charge is 2.19. The van der Waals surface area contributed by atoms with Crippen LogP contribution in [0.25, 0.3) is 10.8 Å². The van der Waals surface area contributed by atoms with E-state index in [0.717, 1.165) is 11.8 Å². The van der Waals surface area contributed by atoms with Crippen molar-refractivity contribution in [1.29, 1.82) is 0 Å². The quantitative estimate of drug-likeness (QED) is 0.409. The molecule has 4 rings (SSSR count). The third kappa shape index (κ3) is 5.96. The SMILES string of the molecule is C.Cc1ccc(C2CCC(C)CC2)cc1.Cc1ccc2cc(C)ccc2c1. The summed E-state index contributed by atoms with van der Waals surface area (Å²) in [4.78, 5) is 0. The van der Waals surface area contributed by atoms with Crippen molar-refractivity contribution in [2.45, 2.75) is 66.7 Å². The number of benzene rings is 3. The largest absolute Gasteiger partial charge is 0.0776 e. The van der Waals surface area contributed by atoms with Gasteiger partial charge in [0.2, 0.25) is 0 Å². The van der Waals surface area contributed by atoms with E-state index in [1.807, 2.05) is 0 Å². The minimum Gasteiger partial charge on any atom is -0.0776 e. The molecule has 0 unspecified atom stereocenters. The summed E-state index contributed by atoms with van der Waals surface area (Å²) in [5.74, 6) is 1.79. The fraction of sp³-hybridized carbons (Fsp3) is 0.407. The van der Waals surface area contributed by atoms with Gasteiger partial charge < -0.3 is 0 Å². The van der Waals surface area contributed by atoms with Crippen molar-refractivity contribution >= 4 is 10.8 Å². The van der Waals surface area contributed by atoms with Crippen LogP contribution in [0.4, 0.5) is 0 Å². The average Bonchev–Trinajstić information content (AvgIpc) is 2.64. The first-order valence-corrected chi connectivity index (χ1v) is 10.0. The molecule has 1 aliphatic rings. The second-order valence-electron chi connectivity index (χ2n) is 8.22. The van der Waals surface area contributed by atoms with E-state index in [9.17, 15) is 0 Å². The van der Waals surface area contributed by atoms with E-state index < -0.39 is 0 Å². The van der Waals surface area contributed by atoms with Gasteiger partial charge in [0.05, 0.1) is 0 Å². The topological polar surface area (TPSA) is 0 Å². The smallest absolute Gasteiger partial charge is 0.0162 e. The van der Waals surface area contributed by atoms with E-state index in [1.165, 1.54) is 53.1 Å². The summed E-state index contributed by atoms with van der Waals surface area (Å²) in [6.07, 6.45) is 5.62. The summed E-state index contributed by atoms with van der Waals surface area (Å²) in [6, 6.07) is 22.2. The molecule has 3 aromatic carbocycles. The molecular formula is C27H36. The molecular weight excluding hydrogens is 324 g/mol. The highest BCUT2D eigenvalue weighted by atomic mass is 14.2. The first-order valence-electron chi connectivity index (χ1n) is 10.0. The van der Waals surface area contributed by atoms with E-state index in [0.29, 0.717) is 0 Å². The number of hydrogen-bond donors (Lipinski definition) is 0. The second-order valence-corrected chi connectivity index (χ2v) is 8.22. The Morgan fingerprint density at radius 2 is 1.04 bits per heavy atom. The predicted octanol–water partition coefficient (Wildman–Crippen LogP) is 8.38. The van der Waals surface area contributed by atoms with Crippen molar-refractivity contribution in [1.82, 2.24) is 0 Å². The maximum absolute atomic E-state index is 2.38. The molecule has 27 heavy (non-hydrogen) atoms. The predicted molar refractivity (Wildman–Crippen MR) is 122 cm³/mol. The van der Waals surface area contributed by atoms with Crippen LogP contribution in [0.3, 0.4) is 0 Å². The molecule has 0 aliphatic heterocycles. The first kappa shape index (κ1) is 21.2. The zero-order chi connectivity index (χ0) is 18.5. The molecule has 0 nitrogen and oxygen atoms in total. The van der Waals surface area contributed by atoms with Crippen LogP contribution in [-0.4, -0.2) is 0 Å². The Labute approximate surface area is 166 Å². The van der Waals surface area contributed by atoms with Crippen molar-refractivity contribution in [3.8, 4) is 0 Å². The number of aryl methyl sites for hydroxylation is 3. The average molecular weight is 361 g/mol. The van der Waals surface area contributed by atoms with E-state index in [4.69, 9.17) is 0 Å². The highest BCUT2D eigenvalue weighted by Crippen LogP contribution is 2.35. The molecule has 1 aliphatic carbocycles. The molecule has 144 valence electrons. The van der Waals surface area contributed by atoms with Crippen molar-refractivity contribution in [2.75, 3.05) is 0 Å². The normalized spacial score (nSPS) is 19.0. The molecule has 1 fully saturated rings. The van der Waals surface area contributed by atoms with E-state index in [1.54, 1.807) is 5.56 Å². The van der Waals surface area contributed by atoms with Gasteiger partial charge >= 0.3 is 0 Å². The van der Waals surface area contributed by atoms with Gasteiger partial charge in [-0.05, 0) is 61.8 Å². The molecule has 0 saturated heterocycles. The van der Waals surface area contributed by atoms with Gasteiger partial charge in [0.15, 0.2) is 0 Å². The fourth-order valence-electron chi connectivity index (χ4n) is 3.92. The molecule has 0 amide bonds. The van der Waals surface area contributed by atoms with E-state index >= 15 is 0 Å². The minimum atomic E-state index is 0. The van der Waals surface area contributed by atoms with Crippen LogP contribution in [-0.2, 0) is 0 Å². The Balaban J connectivity index is 0.000000189. The molecule has 1 saturated carbocycles. The minimum absolute atomic E-state index is 0.